The Kier molecular flexibility index (Phi) is 10.8. The molecule has 264 valence electrons. The number of fused-ring (bicyclic) bond motifs is 3. The first-order chi connectivity index (χ1) is 22.3. The third kappa shape index (κ3) is 6.86. The van der Waals surface area contributed by atoms with Gasteiger partial charge in [0, 0.05) is 45.9 Å². The van der Waals surface area contributed by atoms with Crippen LogP contribution in [0.2, 0.25) is 18.1 Å². The largest absolute Gasteiger partial charge is 0.493 e. The molecule has 14 nitrogen and oxygen atoms in total. The van der Waals surface area contributed by atoms with Crippen LogP contribution in [0, 0.1) is 20.2 Å². The smallest absolute Gasteiger partial charge is 0.296 e. The lowest BCUT2D eigenvalue weighted by atomic mass is 9.68. The van der Waals surface area contributed by atoms with Gasteiger partial charge in [-0.3, -0.25) is 20.2 Å². The van der Waals surface area contributed by atoms with Gasteiger partial charge >= 0.3 is 0 Å². The molecule has 1 aliphatic carbocycles. The minimum absolute atomic E-state index is 0.0818. The maximum atomic E-state index is 13.8. The SMILES string of the molecule is COc1ccc(CC(OC)OC)c2c1O[C@H]1C(O[Si](C)(C)C(C)(C)C)CC=C[C@@]21CCN(C)S(=O)(=O)c1ccc([N+](=O)[O-])cc1[N+](=O)[O-]. The topological polar surface area (TPSA) is 170 Å². The van der Waals surface area contributed by atoms with Crippen molar-refractivity contribution in [3.8, 4) is 11.5 Å². The molecule has 0 spiro atoms. The van der Waals surface area contributed by atoms with E-state index in [2.05, 4.69) is 33.9 Å². The molecule has 0 bridgehead atoms. The summed E-state index contributed by atoms with van der Waals surface area (Å²) in [5, 5.41) is 23.0. The molecule has 2 aromatic carbocycles. The van der Waals surface area contributed by atoms with Crippen molar-refractivity contribution in [2.45, 2.75) is 87.0 Å². The molecular formula is C32H45N3O11SSi. The highest BCUT2D eigenvalue weighted by molar-refractivity contribution is 7.89. The summed E-state index contributed by atoms with van der Waals surface area (Å²) in [4.78, 5) is 20.7. The van der Waals surface area contributed by atoms with E-state index < -0.39 is 62.3 Å². The van der Waals surface area contributed by atoms with Crippen molar-refractivity contribution in [3.63, 3.8) is 0 Å². The molecule has 0 aromatic heterocycles. The predicted molar refractivity (Wildman–Crippen MR) is 181 cm³/mol. The van der Waals surface area contributed by atoms with Crippen LogP contribution in [0.5, 0.6) is 11.5 Å². The summed E-state index contributed by atoms with van der Waals surface area (Å²) in [6.07, 6.45) is 3.72. The Labute approximate surface area is 282 Å². The van der Waals surface area contributed by atoms with Crippen molar-refractivity contribution in [3.05, 3.63) is 73.8 Å². The first kappa shape index (κ1) is 37.4. The zero-order chi connectivity index (χ0) is 35.8. The molecule has 0 amide bonds. The van der Waals surface area contributed by atoms with Gasteiger partial charge in [-0.1, -0.05) is 39.0 Å². The average Bonchev–Trinajstić information content (AvgIpc) is 3.38. The number of non-ortho nitro benzene ring substituents is 1. The fourth-order valence-corrected chi connectivity index (χ4v) is 8.76. The lowest BCUT2D eigenvalue weighted by Crippen LogP contribution is -2.54. The summed E-state index contributed by atoms with van der Waals surface area (Å²) in [7, 11) is -0.795. The summed E-state index contributed by atoms with van der Waals surface area (Å²) in [6, 6.07) is 6.24. The van der Waals surface area contributed by atoms with Gasteiger partial charge in [-0.25, -0.2) is 12.7 Å². The van der Waals surface area contributed by atoms with Crippen LogP contribution < -0.4 is 9.47 Å². The number of methoxy groups -OCH3 is 3. The molecule has 2 aliphatic rings. The Bertz CT molecular complexity index is 1690. The van der Waals surface area contributed by atoms with Crippen LogP contribution >= 0.6 is 0 Å². The van der Waals surface area contributed by atoms with Crippen molar-refractivity contribution in [2.24, 2.45) is 0 Å². The zero-order valence-corrected chi connectivity index (χ0v) is 30.7. The van der Waals surface area contributed by atoms with Crippen LogP contribution in [0.4, 0.5) is 11.4 Å². The van der Waals surface area contributed by atoms with E-state index in [9.17, 15) is 28.6 Å². The quantitative estimate of drug-likeness (QED) is 0.0772. The fraction of sp³-hybridized carbons (Fsp3) is 0.562. The predicted octanol–water partition coefficient (Wildman–Crippen LogP) is 5.73. The van der Waals surface area contributed by atoms with E-state index >= 15 is 0 Å². The van der Waals surface area contributed by atoms with Gasteiger partial charge in [-0.05, 0) is 48.7 Å². The van der Waals surface area contributed by atoms with Crippen molar-refractivity contribution >= 4 is 29.7 Å². The van der Waals surface area contributed by atoms with Crippen molar-refractivity contribution in [2.75, 3.05) is 34.9 Å². The number of nitro groups is 2. The van der Waals surface area contributed by atoms with E-state index in [1.165, 1.54) is 7.05 Å². The van der Waals surface area contributed by atoms with Gasteiger partial charge in [0.15, 0.2) is 31.0 Å². The maximum Gasteiger partial charge on any atom is 0.296 e. The van der Waals surface area contributed by atoms with Crippen LogP contribution in [-0.2, 0) is 35.8 Å². The first-order valence-electron chi connectivity index (χ1n) is 15.5. The summed E-state index contributed by atoms with van der Waals surface area (Å²) >= 11 is 0. The maximum absolute atomic E-state index is 13.8. The molecule has 0 saturated carbocycles. The zero-order valence-electron chi connectivity index (χ0n) is 28.8. The van der Waals surface area contributed by atoms with E-state index in [0.717, 1.165) is 27.6 Å². The van der Waals surface area contributed by atoms with Crippen molar-refractivity contribution in [1.29, 1.82) is 0 Å². The molecule has 1 heterocycles. The highest BCUT2D eigenvalue weighted by Gasteiger charge is 2.56. The molecule has 0 fully saturated rings. The van der Waals surface area contributed by atoms with Gasteiger partial charge in [0.25, 0.3) is 11.4 Å². The normalized spacial score (nSPS) is 20.8. The van der Waals surface area contributed by atoms with Crippen LogP contribution in [-0.4, -0.2) is 84.3 Å². The number of hydrogen-bond donors (Lipinski definition) is 0. The molecule has 1 aliphatic heterocycles. The molecular weight excluding hydrogens is 663 g/mol. The lowest BCUT2D eigenvalue weighted by Gasteiger charge is -2.45. The second kappa shape index (κ2) is 13.8. The standard InChI is InChI=1S/C32H45N3O11SSi/c1-31(2,3)48(8,9)46-25-11-10-16-32(28-21(19-27(43-6)44-7)12-14-24(42-5)29(28)45-30(25)32)17-18-33(4)47(40,41)26-15-13-22(34(36)37)20-23(26)35(38)39/h10,12-16,20,25,27,30H,11,17-19H2,1-9H3/t25?,30-,32+/m0/s1. The Hall–Kier alpha value is -3.41. The molecule has 48 heavy (non-hydrogen) atoms. The average molecular weight is 708 g/mol. The van der Waals surface area contributed by atoms with E-state index in [1.807, 2.05) is 24.3 Å². The third-order valence-corrected chi connectivity index (χ3v) is 16.2. The second-order valence-electron chi connectivity index (χ2n) is 13.6. The molecule has 0 N–H and O–H groups in total. The van der Waals surface area contributed by atoms with E-state index in [4.69, 9.17) is 23.4 Å². The summed E-state index contributed by atoms with van der Waals surface area (Å²) in [5.41, 5.74) is -0.702. The van der Waals surface area contributed by atoms with Crippen LogP contribution in [0.1, 0.15) is 44.7 Å². The summed E-state index contributed by atoms with van der Waals surface area (Å²) in [5.74, 6) is 1.04. The van der Waals surface area contributed by atoms with Crippen LogP contribution in [0.15, 0.2) is 47.4 Å². The summed E-state index contributed by atoms with van der Waals surface area (Å²) in [6.45, 7) is 10.7. The molecule has 4 rings (SSSR count). The third-order valence-electron chi connectivity index (χ3n) is 9.81. The van der Waals surface area contributed by atoms with Gasteiger partial charge in [0.05, 0.1) is 34.5 Å². The Morgan fingerprint density at radius 2 is 1.75 bits per heavy atom. The molecule has 3 atom stereocenters. The number of rotatable bonds is 14. The van der Waals surface area contributed by atoms with Crippen LogP contribution in [0.25, 0.3) is 0 Å². The molecule has 0 radical (unpaired) electrons. The van der Waals surface area contributed by atoms with Gasteiger partial charge < -0.3 is 23.4 Å². The van der Waals surface area contributed by atoms with Crippen molar-refractivity contribution < 1.29 is 41.6 Å². The monoisotopic (exact) mass is 707 g/mol. The Morgan fingerprint density at radius 3 is 2.31 bits per heavy atom. The van der Waals surface area contributed by atoms with E-state index in [-0.39, 0.29) is 24.1 Å². The number of hydrogen-bond acceptors (Lipinski definition) is 11. The number of benzene rings is 2. The molecule has 16 heteroatoms. The molecule has 1 unspecified atom stereocenters. The number of nitrogens with zero attached hydrogens (tertiary/aromatic N) is 3. The Morgan fingerprint density at radius 1 is 1.08 bits per heavy atom. The number of nitro benzene ring substituents is 2. The highest BCUT2D eigenvalue weighted by Crippen LogP contribution is 2.56. The number of ether oxygens (including phenoxy) is 4. The van der Waals surface area contributed by atoms with Gasteiger partial charge in [0.1, 0.15) is 6.10 Å². The summed E-state index contributed by atoms with van der Waals surface area (Å²) < 4.78 is 59.3. The minimum Gasteiger partial charge on any atom is -0.493 e. The number of sulfonamides is 1. The van der Waals surface area contributed by atoms with Gasteiger partial charge in [-0.15, -0.1) is 0 Å². The van der Waals surface area contributed by atoms with Gasteiger partial charge in [0.2, 0.25) is 10.0 Å². The second-order valence-corrected chi connectivity index (χ2v) is 20.4. The Balaban J connectivity index is 1.83. The fourth-order valence-electron chi connectivity index (χ4n) is 6.13. The van der Waals surface area contributed by atoms with Crippen molar-refractivity contribution in [1.82, 2.24) is 4.31 Å². The van der Waals surface area contributed by atoms with Crippen LogP contribution in [0.3, 0.4) is 0 Å². The molecule has 2 aromatic rings. The first-order valence-corrected chi connectivity index (χ1v) is 19.9. The highest BCUT2D eigenvalue weighted by atomic mass is 32.2. The minimum atomic E-state index is -4.46. The van der Waals surface area contributed by atoms with E-state index in [1.54, 1.807) is 21.3 Å². The molecule has 0 saturated heterocycles. The van der Waals surface area contributed by atoms with E-state index in [0.29, 0.717) is 30.4 Å². The van der Waals surface area contributed by atoms with Gasteiger partial charge in [-0.2, -0.15) is 0 Å². The lowest BCUT2D eigenvalue weighted by molar-refractivity contribution is -0.396.